The van der Waals surface area contributed by atoms with Crippen LogP contribution >= 0.6 is 11.3 Å². The highest BCUT2D eigenvalue weighted by molar-refractivity contribution is 7.16. The second kappa shape index (κ2) is 8.33. The molecule has 0 bridgehead atoms. The van der Waals surface area contributed by atoms with Crippen LogP contribution in [-0.4, -0.2) is 34.0 Å². The molecule has 9 heteroatoms. The van der Waals surface area contributed by atoms with Crippen LogP contribution in [0.4, 0.5) is 0 Å². The Morgan fingerprint density at radius 3 is 2.83 bits per heavy atom. The first-order valence-corrected chi connectivity index (χ1v) is 10.6. The Hall–Kier alpha value is -2.73. The highest BCUT2D eigenvalue weighted by Crippen LogP contribution is 2.51. The molecule has 8 nitrogen and oxygen atoms in total. The molecule has 3 rings (SSSR count). The average molecular weight is 416 g/mol. The van der Waals surface area contributed by atoms with Gasteiger partial charge in [0, 0.05) is 12.6 Å². The van der Waals surface area contributed by atoms with E-state index < -0.39 is 5.41 Å². The van der Waals surface area contributed by atoms with Crippen LogP contribution in [0.1, 0.15) is 33.6 Å². The van der Waals surface area contributed by atoms with Gasteiger partial charge in [0.2, 0.25) is 11.8 Å². The first kappa shape index (κ1) is 21.0. The summed E-state index contributed by atoms with van der Waals surface area (Å²) in [5.41, 5.74) is -1.18. The maximum absolute atomic E-state index is 12.5. The molecule has 0 radical (unpaired) electrons. The van der Waals surface area contributed by atoms with E-state index in [1.54, 1.807) is 11.4 Å². The molecule has 0 saturated heterocycles. The van der Waals surface area contributed by atoms with Gasteiger partial charge in [-0.3, -0.25) is 19.0 Å². The molecule has 2 heterocycles. The Bertz CT molecular complexity index is 1020. The summed E-state index contributed by atoms with van der Waals surface area (Å²) in [6.07, 6.45) is 2.61. The molecule has 29 heavy (non-hydrogen) atoms. The van der Waals surface area contributed by atoms with E-state index in [4.69, 9.17) is 0 Å². The van der Waals surface area contributed by atoms with Crippen LogP contribution < -0.4 is 16.2 Å². The van der Waals surface area contributed by atoms with Crippen LogP contribution in [0.2, 0.25) is 0 Å². The molecule has 0 aliphatic heterocycles. The third kappa shape index (κ3) is 4.48. The van der Waals surface area contributed by atoms with Gasteiger partial charge in [0.25, 0.3) is 5.56 Å². The quantitative estimate of drug-likeness (QED) is 0.680. The third-order valence-electron chi connectivity index (χ3n) is 5.31. The van der Waals surface area contributed by atoms with Crippen molar-refractivity contribution in [3.05, 3.63) is 28.1 Å². The summed E-state index contributed by atoms with van der Waals surface area (Å²) in [6, 6.07) is 3.53. The van der Waals surface area contributed by atoms with E-state index in [-0.39, 0.29) is 42.4 Å². The van der Waals surface area contributed by atoms with Crippen molar-refractivity contribution in [1.29, 1.82) is 5.26 Å². The molecule has 154 valence electrons. The van der Waals surface area contributed by atoms with Crippen LogP contribution in [-0.2, 0) is 16.1 Å². The number of aromatic nitrogens is 2. The number of nitriles is 1. The lowest BCUT2D eigenvalue weighted by Crippen LogP contribution is -2.47. The second-order valence-electron chi connectivity index (χ2n) is 8.11. The second-order valence-corrected chi connectivity index (χ2v) is 9.00. The zero-order valence-electron chi connectivity index (χ0n) is 16.8. The molecule has 0 spiro atoms. The molecule has 2 amide bonds. The largest absolute Gasteiger partial charge is 0.353 e. The Morgan fingerprint density at radius 2 is 2.21 bits per heavy atom. The van der Waals surface area contributed by atoms with Crippen molar-refractivity contribution >= 4 is 33.4 Å². The fourth-order valence-electron chi connectivity index (χ4n) is 3.52. The van der Waals surface area contributed by atoms with Gasteiger partial charge >= 0.3 is 0 Å². The normalized spacial score (nSPS) is 21.6. The number of carbonyl (C=O) groups is 2. The highest BCUT2D eigenvalue weighted by Gasteiger charge is 2.58. The van der Waals surface area contributed by atoms with Crippen LogP contribution in [0.25, 0.3) is 10.2 Å². The summed E-state index contributed by atoms with van der Waals surface area (Å²) in [6.45, 7) is 6.04. The van der Waals surface area contributed by atoms with Gasteiger partial charge in [-0.15, -0.1) is 11.3 Å². The lowest BCUT2D eigenvalue weighted by molar-refractivity contribution is -0.126. The van der Waals surface area contributed by atoms with Gasteiger partial charge in [0.15, 0.2) is 0 Å². The molecular weight excluding hydrogens is 390 g/mol. The molecule has 1 fully saturated rings. The highest BCUT2D eigenvalue weighted by atomic mass is 32.1. The van der Waals surface area contributed by atoms with Crippen molar-refractivity contribution in [2.24, 2.45) is 17.3 Å². The van der Waals surface area contributed by atoms with Gasteiger partial charge in [-0.2, -0.15) is 5.26 Å². The number of hydrogen-bond donors (Lipinski definition) is 2. The van der Waals surface area contributed by atoms with E-state index in [2.05, 4.69) is 21.7 Å². The number of carbonyl (C=O) groups excluding carboxylic acids is 2. The Morgan fingerprint density at radius 1 is 1.48 bits per heavy atom. The van der Waals surface area contributed by atoms with Gasteiger partial charge in [-0.25, -0.2) is 4.98 Å². The summed E-state index contributed by atoms with van der Waals surface area (Å²) in [5, 5.41) is 17.3. The van der Waals surface area contributed by atoms with E-state index >= 15 is 0 Å². The van der Waals surface area contributed by atoms with Crippen LogP contribution in [0.15, 0.2) is 22.6 Å². The number of nitrogens with one attached hydrogen (secondary N) is 2. The number of amides is 2. The lowest BCUT2D eigenvalue weighted by atomic mass is 10.0. The van der Waals surface area contributed by atoms with Crippen molar-refractivity contribution in [1.82, 2.24) is 20.2 Å². The van der Waals surface area contributed by atoms with Crippen molar-refractivity contribution in [3.63, 3.8) is 0 Å². The summed E-state index contributed by atoms with van der Waals surface area (Å²) in [4.78, 5) is 42.2. The van der Waals surface area contributed by atoms with Gasteiger partial charge < -0.3 is 10.6 Å². The molecule has 2 aromatic rings. The summed E-state index contributed by atoms with van der Waals surface area (Å²) in [7, 11) is 0. The molecule has 1 aliphatic carbocycles. The fourth-order valence-corrected chi connectivity index (χ4v) is 4.24. The minimum atomic E-state index is -0.929. The van der Waals surface area contributed by atoms with Gasteiger partial charge in [-0.1, -0.05) is 20.8 Å². The SMILES string of the molecule is CC(C)CC(CNC(=O)C1(C#N)CC1C)NC(=O)Cn1cnc2sccc2c1=O. The van der Waals surface area contributed by atoms with E-state index in [0.29, 0.717) is 29.0 Å². The maximum atomic E-state index is 12.5. The minimum absolute atomic E-state index is 0.0528. The average Bonchev–Trinajstić information content (AvgIpc) is 3.10. The van der Waals surface area contributed by atoms with Crippen LogP contribution in [0.5, 0.6) is 0 Å². The number of thiophene rings is 1. The molecule has 2 aromatic heterocycles. The lowest BCUT2D eigenvalue weighted by Gasteiger charge is -2.22. The van der Waals surface area contributed by atoms with E-state index in [0.717, 1.165) is 0 Å². The van der Waals surface area contributed by atoms with E-state index in [1.165, 1.54) is 22.2 Å². The zero-order chi connectivity index (χ0) is 21.2. The Labute approximate surface area is 172 Å². The standard InChI is InChI=1S/C20H25N5O3S/c1-12(2)6-14(8-22-19(28)20(10-21)7-13(20)3)24-16(26)9-25-11-23-17-15(18(25)27)4-5-29-17/h4-5,11-14H,6-9H2,1-3H3,(H,22,28)(H,24,26). The summed E-state index contributed by atoms with van der Waals surface area (Å²) >= 11 is 1.38. The molecule has 3 unspecified atom stereocenters. The van der Waals surface area contributed by atoms with Gasteiger partial charge in [0.1, 0.15) is 16.8 Å². The Kier molecular flexibility index (Phi) is 6.03. The summed E-state index contributed by atoms with van der Waals surface area (Å²) in [5.74, 6) is -0.248. The number of hydrogen-bond acceptors (Lipinski definition) is 6. The topological polar surface area (TPSA) is 117 Å². The third-order valence-corrected chi connectivity index (χ3v) is 6.13. The summed E-state index contributed by atoms with van der Waals surface area (Å²) < 4.78 is 1.28. The van der Waals surface area contributed by atoms with Crippen LogP contribution in [0.3, 0.4) is 0 Å². The van der Waals surface area contributed by atoms with Gasteiger partial charge in [-0.05, 0) is 36.1 Å². The van der Waals surface area contributed by atoms with E-state index in [9.17, 15) is 19.6 Å². The van der Waals surface area contributed by atoms with Crippen molar-refractivity contribution in [2.45, 2.75) is 46.2 Å². The van der Waals surface area contributed by atoms with Gasteiger partial charge in [0.05, 0.1) is 17.8 Å². The molecule has 1 saturated carbocycles. The first-order valence-electron chi connectivity index (χ1n) is 9.68. The Balaban J connectivity index is 1.62. The fraction of sp³-hybridized carbons (Fsp3) is 0.550. The number of nitrogens with zero attached hydrogens (tertiary/aromatic N) is 3. The predicted octanol–water partition coefficient (Wildman–Crippen LogP) is 1.65. The number of fused-ring (bicyclic) bond motifs is 1. The molecule has 0 aromatic carbocycles. The minimum Gasteiger partial charge on any atom is -0.353 e. The monoisotopic (exact) mass is 415 g/mol. The van der Waals surface area contributed by atoms with Crippen molar-refractivity contribution in [3.8, 4) is 6.07 Å². The van der Waals surface area contributed by atoms with Crippen LogP contribution in [0, 0.1) is 28.6 Å². The van der Waals surface area contributed by atoms with Crippen molar-refractivity contribution in [2.75, 3.05) is 6.54 Å². The predicted molar refractivity (Wildman–Crippen MR) is 110 cm³/mol. The molecule has 1 aliphatic rings. The smallest absolute Gasteiger partial charge is 0.262 e. The molecule has 3 atom stereocenters. The van der Waals surface area contributed by atoms with Crippen molar-refractivity contribution < 1.29 is 9.59 Å². The first-order chi connectivity index (χ1) is 13.8. The number of rotatable bonds is 8. The zero-order valence-corrected chi connectivity index (χ0v) is 17.6. The molecule has 2 N–H and O–H groups in total. The van der Waals surface area contributed by atoms with E-state index in [1.807, 2.05) is 20.8 Å². The molecular formula is C20H25N5O3S. The maximum Gasteiger partial charge on any atom is 0.262 e.